The van der Waals surface area contributed by atoms with Gasteiger partial charge in [0.15, 0.2) is 11.5 Å². The molecular formula is C13H22N6. The van der Waals surface area contributed by atoms with Crippen LogP contribution in [0.3, 0.4) is 0 Å². The summed E-state index contributed by atoms with van der Waals surface area (Å²) in [6, 6.07) is 0. The van der Waals surface area contributed by atoms with E-state index in [-0.39, 0.29) is 0 Å². The molecule has 0 radical (unpaired) electrons. The smallest absolute Gasteiger partial charge is 0.226 e. The summed E-state index contributed by atoms with van der Waals surface area (Å²) in [5, 5.41) is 3.15. The number of nitrogens with one attached hydrogen (secondary N) is 2. The number of aromatic amines is 1. The molecule has 0 saturated carbocycles. The van der Waals surface area contributed by atoms with Gasteiger partial charge in [0.1, 0.15) is 5.52 Å². The molecule has 0 aliphatic heterocycles. The Morgan fingerprint density at radius 2 is 2.16 bits per heavy atom. The van der Waals surface area contributed by atoms with Crippen molar-refractivity contribution in [2.45, 2.75) is 27.2 Å². The number of hydrogen-bond acceptors (Lipinski definition) is 5. The number of rotatable bonds is 6. The zero-order chi connectivity index (χ0) is 13.8. The fourth-order valence-electron chi connectivity index (χ4n) is 2.01. The van der Waals surface area contributed by atoms with Crippen LogP contribution in [0.15, 0.2) is 6.33 Å². The van der Waals surface area contributed by atoms with Crippen LogP contribution >= 0.6 is 0 Å². The molecule has 19 heavy (non-hydrogen) atoms. The molecule has 2 heterocycles. The highest BCUT2D eigenvalue weighted by molar-refractivity contribution is 5.84. The predicted molar refractivity (Wildman–Crippen MR) is 78.6 cm³/mol. The lowest BCUT2D eigenvalue weighted by Gasteiger charge is -2.22. The second kappa shape index (κ2) is 5.86. The van der Waals surface area contributed by atoms with E-state index < -0.39 is 0 Å². The summed E-state index contributed by atoms with van der Waals surface area (Å²) in [6.07, 6.45) is 2.82. The third-order valence-corrected chi connectivity index (χ3v) is 3.25. The maximum absolute atomic E-state index is 4.58. The van der Waals surface area contributed by atoms with E-state index in [4.69, 9.17) is 0 Å². The van der Waals surface area contributed by atoms with Crippen LogP contribution in [0.5, 0.6) is 0 Å². The van der Waals surface area contributed by atoms with Crippen molar-refractivity contribution in [3.63, 3.8) is 0 Å². The van der Waals surface area contributed by atoms with Crippen molar-refractivity contribution in [3.05, 3.63) is 6.33 Å². The van der Waals surface area contributed by atoms with Crippen LogP contribution < -0.4 is 10.2 Å². The third kappa shape index (κ3) is 2.94. The summed E-state index contributed by atoms with van der Waals surface area (Å²) < 4.78 is 0. The maximum Gasteiger partial charge on any atom is 0.226 e. The van der Waals surface area contributed by atoms with Crippen LogP contribution in [-0.4, -0.2) is 40.1 Å². The van der Waals surface area contributed by atoms with Gasteiger partial charge in [-0.05, 0) is 12.8 Å². The Balaban J connectivity index is 2.36. The summed E-state index contributed by atoms with van der Waals surface area (Å²) in [6.45, 7) is 8.24. The normalized spacial score (nSPS) is 12.6. The van der Waals surface area contributed by atoms with E-state index in [0.29, 0.717) is 17.5 Å². The molecule has 2 aromatic rings. The minimum Gasteiger partial charge on any atom is -0.357 e. The lowest BCUT2D eigenvalue weighted by atomic mass is 10.1. The lowest BCUT2D eigenvalue weighted by Crippen LogP contribution is -2.25. The molecule has 0 amide bonds. The predicted octanol–water partition coefficient (Wildman–Crippen LogP) is 2.27. The van der Waals surface area contributed by atoms with E-state index in [9.17, 15) is 0 Å². The van der Waals surface area contributed by atoms with E-state index in [2.05, 4.69) is 51.0 Å². The van der Waals surface area contributed by atoms with Crippen molar-refractivity contribution in [2.24, 2.45) is 5.92 Å². The van der Waals surface area contributed by atoms with E-state index in [1.807, 2.05) is 6.92 Å². The Kier molecular flexibility index (Phi) is 4.19. The number of hydrogen-bond donors (Lipinski definition) is 2. The molecule has 0 aliphatic rings. The first-order valence-corrected chi connectivity index (χ1v) is 6.81. The Bertz CT molecular complexity index is 535. The molecule has 104 valence electrons. The van der Waals surface area contributed by atoms with Crippen molar-refractivity contribution in [1.82, 2.24) is 19.9 Å². The number of aromatic nitrogens is 4. The topological polar surface area (TPSA) is 69.7 Å². The molecule has 0 aromatic carbocycles. The van der Waals surface area contributed by atoms with Crippen LogP contribution in [0.2, 0.25) is 0 Å². The molecule has 0 saturated heterocycles. The van der Waals surface area contributed by atoms with Gasteiger partial charge in [0.05, 0.1) is 6.33 Å². The van der Waals surface area contributed by atoms with Crippen LogP contribution in [0.25, 0.3) is 11.2 Å². The van der Waals surface area contributed by atoms with Gasteiger partial charge in [-0.2, -0.15) is 9.97 Å². The molecule has 0 bridgehead atoms. The lowest BCUT2D eigenvalue weighted by molar-refractivity contribution is 0.558. The Morgan fingerprint density at radius 3 is 2.84 bits per heavy atom. The summed E-state index contributed by atoms with van der Waals surface area (Å²) >= 11 is 0. The minimum atomic E-state index is 0.625. The summed E-state index contributed by atoms with van der Waals surface area (Å²) in [4.78, 5) is 18.5. The zero-order valence-electron chi connectivity index (χ0n) is 12.1. The van der Waals surface area contributed by atoms with Crippen molar-refractivity contribution >= 4 is 22.9 Å². The standard InChI is InChI=1S/C13H22N6/c1-5-9(3)7-19(4)12-10-11(16-8-15-10)17-13(18-12)14-6-2/h8-9H,5-7H2,1-4H3,(H2,14,15,16,17,18). The van der Waals surface area contributed by atoms with Crippen molar-refractivity contribution in [3.8, 4) is 0 Å². The van der Waals surface area contributed by atoms with Gasteiger partial charge in [-0.3, -0.25) is 0 Å². The number of anilines is 2. The highest BCUT2D eigenvalue weighted by atomic mass is 15.2. The van der Waals surface area contributed by atoms with E-state index in [0.717, 1.165) is 30.8 Å². The van der Waals surface area contributed by atoms with Gasteiger partial charge in [0.25, 0.3) is 0 Å². The molecule has 0 aliphatic carbocycles. The number of fused-ring (bicyclic) bond motifs is 1. The molecule has 2 rings (SSSR count). The molecule has 1 atom stereocenters. The highest BCUT2D eigenvalue weighted by Gasteiger charge is 2.14. The summed E-state index contributed by atoms with van der Waals surface area (Å²) in [5.41, 5.74) is 1.60. The van der Waals surface area contributed by atoms with E-state index >= 15 is 0 Å². The van der Waals surface area contributed by atoms with Crippen molar-refractivity contribution in [1.29, 1.82) is 0 Å². The molecule has 0 fully saturated rings. The highest BCUT2D eigenvalue weighted by Crippen LogP contribution is 2.22. The van der Waals surface area contributed by atoms with Crippen LogP contribution in [0, 0.1) is 5.92 Å². The average Bonchev–Trinajstić information content (AvgIpc) is 2.86. The molecule has 6 heteroatoms. The van der Waals surface area contributed by atoms with Gasteiger partial charge in [-0.1, -0.05) is 20.3 Å². The maximum atomic E-state index is 4.58. The largest absolute Gasteiger partial charge is 0.357 e. The molecule has 2 aromatic heterocycles. The zero-order valence-corrected chi connectivity index (χ0v) is 12.1. The average molecular weight is 262 g/mol. The van der Waals surface area contributed by atoms with Gasteiger partial charge in [0, 0.05) is 20.1 Å². The molecule has 1 unspecified atom stereocenters. The Hall–Kier alpha value is -1.85. The Morgan fingerprint density at radius 1 is 1.37 bits per heavy atom. The Labute approximate surface area is 113 Å². The van der Waals surface area contributed by atoms with Gasteiger partial charge >= 0.3 is 0 Å². The van der Waals surface area contributed by atoms with Crippen LogP contribution in [0.1, 0.15) is 27.2 Å². The monoisotopic (exact) mass is 262 g/mol. The molecular weight excluding hydrogens is 240 g/mol. The molecule has 6 nitrogen and oxygen atoms in total. The number of nitrogens with zero attached hydrogens (tertiary/aromatic N) is 4. The fraction of sp³-hybridized carbons (Fsp3) is 0.615. The summed E-state index contributed by atoms with van der Waals surface area (Å²) in [7, 11) is 2.06. The van der Waals surface area contributed by atoms with Crippen LogP contribution in [-0.2, 0) is 0 Å². The molecule has 2 N–H and O–H groups in total. The number of imidazole rings is 1. The molecule has 0 spiro atoms. The van der Waals surface area contributed by atoms with Gasteiger partial charge in [0.2, 0.25) is 5.95 Å². The second-order valence-corrected chi connectivity index (χ2v) is 4.90. The van der Waals surface area contributed by atoms with E-state index in [1.165, 1.54) is 0 Å². The van der Waals surface area contributed by atoms with Gasteiger partial charge < -0.3 is 15.2 Å². The van der Waals surface area contributed by atoms with Gasteiger partial charge in [-0.25, -0.2) is 4.98 Å². The number of H-pyrrole nitrogens is 1. The SMILES string of the molecule is CCNc1nc(N(C)CC(C)CC)c2[nH]cnc2n1. The quantitative estimate of drug-likeness (QED) is 0.835. The first-order valence-electron chi connectivity index (χ1n) is 6.81. The van der Waals surface area contributed by atoms with E-state index in [1.54, 1.807) is 6.33 Å². The minimum absolute atomic E-state index is 0.625. The summed E-state index contributed by atoms with van der Waals surface area (Å²) in [5.74, 6) is 2.16. The van der Waals surface area contributed by atoms with Crippen LogP contribution in [0.4, 0.5) is 11.8 Å². The second-order valence-electron chi connectivity index (χ2n) is 4.90. The van der Waals surface area contributed by atoms with Crippen molar-refractivity contribution < 1.29 is 0 Å². The van der Waals surface area contributed by atoms with Gasteiger partial charge in [-0.15, -0.1) is 0 Å². The fourth-order valence-corrected chi connectivity index (χ4v) is 2.01. The third-order valence-electron chi connectivity index (χ3n) is 3.25. The first kappa shape index (κ1) is 13.6. The van der Waals surface area contributed by atoms with Crippen molar-refractivity contribution in [2.75, 3.05) is 30.4 Å². The first-order chi connectivity index (χ1) is 9.15.